The Balaban J connectivity index is 1.31. The summed E-state index contributed by atoms with van der Waals surface area (Å²) in [6, 6.07) is 3.96. The van der Waals surface area contributed by atoms with E-state index in [1.165, 1.54) is 25.7 Å². The van der Waals surface area contributed by atoms with Crippen LogP contribution in [0.2, 0.25) is 0 Å². The third-order valence-corrected chi connectivity index (χ3v) is 7.23. The fourth-order valence-corrected chi connectivity index (χ4v) is 5.66. The SMILES string of the molecule is COc1ccc(CN2CCN(C(=O)C[C@@H]3C[C@@H]4CC[C@@H]3C4)CC2)c(OC)c1OC. The number of nitrogens with zero attached hydrogens (tertiary/aromatic N) is 2. The Bertz CT molecular complexity index is 730. The predicted octanol–water partition coefficient (Wildman–Crippen LogP) is 3.18. The van der Waals surface area contributed by atoms with Crippen molar-refractivity contribution in [3.63, 3.8) is 0 Å². The van der Waals surface area contributed by atoms with Gasteiger partial charge in [0.15, 0.2) is 11.5 Å². The lowest BCUT2D eigenvalue weighted by Crippen LogP contribution is -2.48. The third kappa shape index (κ3) is 4.18. The molecule has 3 fully saturated rings. The number of methoxy groups -OCH3 is 3. The number of hydrogen-bond acceptors (Lipinski definition) is 5. The molecule has 2 bridgehead atoms. The summed E-state index contributed by atoms with van der Waals surface area (Å²) >= 11 is 0. The second-order valence-electron chi connectivity index (χ2n) is 8.79. The zero-order valence-corrected chi connectivity index (χ0v) is 18.0. The van der Waals surface area contributed by atoms with Crippen LogP contribution >= 0.6 is 0 Å². The zero-order valence-electron chi connectivity index (χ0n) is 18.0. The molecule has 29 heavy (non-hydrogen) atoms. The molecule has 1 aromatic carbocycles. The molecule has 2 aliphatic carbocycles. The first-order chi connectivity index (χ1) is 14.1. The summed E-state index contributed by atoms with van der Waals surface area (Å²) in [6.07, 6.45) is 6.18. The normalized spacial score (nSPS) is 26.6. The van der Waals surface area contributed by atoms with Crippen LogP contribution in [0.15, 0.2) is 12.1 Å². The molecular weight excluding hydrogens is 368 g/mol. The van der Waals surface area contributed by atoms with Crippen molar-refractivity contribution >= 4 is 5.91 Å². The molecular formula is C23H34N2O4. The highest BCUT2D eigenvalue weighted by Gasteiger charge is 2.40. The molecule has 0 unspecified atom stereocenters. The van der Waals surface area contributed by atoms with Crippen LogP contribution in [0, 0.1) is 17.8 Å². The first kappa shape index (κ1) is 20.3. The summed E-state index contributed by atoms with van der Waals surface area (Å²) in [5, 5.41) is 0. The summed E-state index contributed by atoms with van der Waals surface area (Å²) in [7, 11) is 4.92. The van der Waals surface area contributed by atoms with Gasteiger partial charge in [-0.25, -0.2) is 0 Å². The van der Waals surface area contributed by atoms with Crippen molar-refractivity contribution in [2.45, 2.75) is 38.6 Å². The largest absolute Gasteiger partial charge is 0.493 e. The lowest BCUT2D eigenvalue weighted by molar-refractivity contribution is -0.134. The molecule has 2 saturated carbocycles. The van der Waals surface area contributed by atoms with Crippen molar-refractivity contribution < 1.29 is 19.0 Å². The average Bonchev–Trinajstić information content (AvgIpc) is 3.37. The Morgan fingerprint density at radius 3 is 2.31 bits per heavy atom. The van der Waals surface area contributed by atoms with Crippen molar-refractivity contribution in [2.24, 2.45) is 17.8 Å². The van der Waals surface area contributed by atoms with Crippen LogP contribution in [-0.4, -0.2) is 63.2 Å². The van der Waals surface area contributed by atoms with Gasteiger partial charge in [-0.3, -0.25) is 9.69 Å². The van der Waals surface area contributed by atoms with Gasteiger partial charge in [-0.05, 0) is 43.1 Å². The van der Waals surface area contributed by atoms with Gasteiger partial charge in [0.05, 0.1) is 21.3 Å². The van der Waals surface area contributed by atoms with E-state index in [2.05, 4.69) is 9.80 Å². The average molecular weight is 403 g/mol. The van der Waals surface area contributed by atoms with Gasteiger partial charge in [-0.2, -0.15) is 0 Å². The summed E-state index contributed by atoms with van der Waals surface area (Å²) < 4.78 is 16.5. The van der Waals surface area contributed by atoms with Crippen LogP contribution in [0.1, 0.15) is 37.7 Å². The van der Waals surface area contributed by atoms with E-state index in [1.807, 2.05) is 12.1 Å². The van der Waals surface area contributed by atoms with Crippen molar-refractivity contribution in [1.82, 2.24) is 9.80 Å². The Morgan fingerprint density at radius 1 is 0.966 bits per heavy atom. The molecule has 1 amide bonds. The maximum atomic E-state index is 12.8. The molecule has 1 aromatic rings. The third-order valence-electron chi connectivity index (χ3n) is 7.23. The number of piperazine rings is 1. The summed E-state index contributed by atoms with van der Waals surface area (Å²) in [6.45, 7) is 4.18. The second kappa shape index (κ2) is 8.82. The van der Waals surface area contributed by atoms with E-state index in [-0.39, 0.29) is 0 Å². The molecule has 0 radical (unpaired) electrons. The molecule has 0 N–H and O–H groups in total. The Kier molecular flexibility index (Phi) is 6.18. The second-order valence-corrected chi connectivity index (χ2v) is 8.79. The van der Waals surface area contributed by atoms with Crippen LogP contribution < -0.4 is 14.2 Å². The summed E-state index contributed by atoms with van der Waals surface area (Å²) in [5.74, 6) is 4.77. The summed E-state index contributed by atoms with van der Waals surface area (Å²) in [5.41, 5.74) is 1.08. The molecule has 1 saturated heterocycles. The maximum Gasteiger partial charge on any atom is 0.222 e. The van der Waals surface area contributed by atoms with E-state index in [0.29, 0.717) is 23.3 Å². The van der Waals surface area contributed by atoms with Gasteiger partial charge in [0.25, 0.3) is 0 Å². The van der Waals surface area contributed by atoms with Crippen molar-refractivity contribution in [1.29, 1.82) is 0 Å². The molecule has 0 aromatic heterocycles. The number of amides is 1. The predicted molar refractivity (Wildman–Crippen MR) is 112 cm³/mol. The molecule has 1 heterocycles. The minimum absolute atomic E-state index is 0.367. The number of carbonyl (C=O) groups excluding carboxylic acids is 1. The van der Waals surface area contributed by atoms with Crippen molar-refractivity contribution in [3.05, 3.63) is 17.7 Å². The minimum atomic E-state index is 0.367. The van der Waals surface area contributed by atoms with E-state index < -0.39 is 0 Å². The van der Waals surface area contributed by atoms with Gasteiger partial charge in [0.1, 0.15) is 0 Å². The lowest BCUT2D eigenvalue weighted by Gasteiger charge is -2.36. The van der Waals surface area contributed by atoms with E-state index in [1.54, 1.807) is 21.3 Å². The summed E-state index contributed by atoms with van der Waals surface area (Å²) in [4.78, 5) is 17.3. The van der Waals surface area contributed by atoms with Crippen LogP contribution in [0.4, 0.5) is 0 Å². The van der Waals surface area contributed by atoms with E-state index >= 15 is 0 Å². The molecule has 0 spiro atoms. The number of hydrogen-bond donors (Lipinski definition) is 0. The Hall–Kier alpha value is -1.95. The highest BCUT2D eigenvalue weighted by molar-refractivity contribution is 5.76. The smallest absolute Gasteiger partial charge is 0.222 e. The van der Waals surface area contributed by atoms with Gasteiger partial charge < -0.3 is 19.1 Å². The highest BCUT2D eigenvalue weighted by Crippen LogP contribution is 2.49. The van der Waals surface area contributed by atoms with Gasteiger partial charge in [0.2, 0.25) is 11.7 Å². The van der Waals surface area contributed by atoms with E-state index in [9.17, 15) is 4.79 Å². The number of ether oxygens (including phenoxy) is 3. The quantitative estimate of drug-likeness (QED) is 0.701. The Labute approximate surface area is 174 Å². The topological polar surface area (TPSA) is 51.2 Å². The molecule has 3 atom stereocenters. The number of benzene rings is 1. The van der Waals surface area contributed by atoms with E-state index in [4.69, 9.17) is 14.2 Å². The Morgan fingerprint density at radius 2 is 1.72 bits per heavy atom. The maximum absolute atomic E-state index is 12.8. The molecule has 160 valence electrons. The molecule has 3 aliphatic rings. The number of rotatable bonds is 7. The number of fused-ring (bicyclic) bond motifs is 2. The van der Waals surface area contributed by atoms with Crippen LogP contribution in [0.5, 0.6) is 17.2 Å². The van der Waals surface area contributed by atoms with Gasteiger partial charge >= 0.3 is 0 Å². The first-order valence-corrected chi connectivity index (χ1v) is 10.9. The first-order valence-electron chi connectivity index (χ1n) is 10.9. The fraction of sp³-hybridized carbons (Fsp3) is 0.696. The highest BCUT2D eigenvalue weighted by atomic mass is 16.5. The number of carbonyl (C=O) groups is 1. The van der Waals surface area contributed by atoms with Crippen molar-refractivity contribution in [2.75, 3.05) is 47.5 Å². The van der Waals surface area contributed by atoms with Crippen LogP contribution in [0.25, 0.3) is 0 Å². The van der Waals surface area contributed by atoms with Gasteiger partial charge in [0, 0.05) is 44.7 Å². The van der Waals surface area contributed by atoms with Crippen LogP contribution in [-0.2, 0) is 11.3 Å². The molecule has 4 rings (SSSR count). The zero-order chi connectivity index (χ0) is 20.4. The van der Waals surface area contributed by atoms with Crippen LogP contribution in [0.3, 0.4) is 0 Å². The molecule has 6 heteroatoms. The van der Waals surface area contributed by atoms with Crippen molar-refractivity contribution in [3.8, 4) is 17.2 Å². The lowest BCUT2D eigenvalue weighted by atomic mass is 9.86. The monoisotopic (exact) mass is 402 g/mol. The molecule has 6 nitrogen and oxygen atoms in total. The minimum Gasteiger partial charge on any atom is -0.493 e. The molecule has 1 aliphatic heterocycles. The van der Waals surface area contributed by atoms with Gasteiger partial charge in [-0.15, -0.1) is 0 Å². The van der Waals surface area contributed by atoms with E-state index in [0.717, 1.165) is 62.3 Å². The standard InChI is InChI=1S/C23H34N2O4/c1-27-20-7-6-18(22(28-2)23(20)29-3)15-24-8-10-25(11-9-24)21(26)14-19-13-16-4-5-17(19)12-16/h6-7,16-17,19H,4-5,8-15H2,1-3H3/t16-,17-,19+/m1/s1. The van der Waals surface area contributed by atoms with Gasteiger partial charge in [-0.1, -0.05) is 12.5 Å². The fourth-order valence-electron chi connectivity index (χ4n) is 5.66.